The highest BCUT2D eigenvalue weighted by Gasteiger charge is 2.26. The molecule has 2 aromatic rings. The standard InChI is InChI=1S/C21H25FN2O3/c1-13-12-17(14(2)24(13)19-9-4-3-8-18(19)22)20(25)23-16-7-5-6-15(10-11-16)21(26)27/h3-4,8-9,12,15-16H,5-7,10-11H2,1-2H3,(H,23,25)(H,26,27). The maximum Gasteiger partial charge on any atom is 0.306 e. The molecule has 0 spiro atoms. The topological polar surface area (TPSA) is 71.3 Å². The number of carboxylic acid groups (broad SMARTS) is 1. The number of rotatable bonds is 4. The Morgan fingerprint density at radius 3 is 2.59 bits per heavy atom. The summed E-state index contributed by atoms with van der Waals surface area (Å²) >= 11 is 0. The smallest absolute Gasteiger partial charge is 0.306 e. The summed E-state index contributed by atoms with van der Waals surface area (Å²) in [4.78, 5) is 24.0. The van der Waals surface area contributed by atoms with Crippen LogP contribution in [-0.2, 0) is 4.79 Å². The number of amides is 1. The molecule has 27 heavy (non-hydrogen) atoms. The zero-order valence-electron chi connectivity index (χ0n) is 15.7. The Morgan fingerprint density at radius 2 is 1.89 bits per heavy atom. The van der Waals surface area contributed by atoms with Crippen molar-refractivity contribution < 1.29 is 19.1 Å². The van der Waals surface area contributed by atoms with Crippen LogP contribution in [0.1, 0.15) is 53.8 Å². The Hall–Kier alpha value is -2.63. The van der Waals surface area contributed by atoms with Crippen LogP contribution in [0.3, 0.4) is 0 Å². The van der Waals surface area contributed by atoms with E-state index in [1.807, 2.05) is 13.8 Å². The van der Waals surface area contributed by atoms with Gasteiger partial charge in [0.05, 0.1) is 17.2 Å². The van der Waals surface area contributed by atoms with Gasteiger partial charge in [-0.3, -0.25) is 9.59 Å². The van der Waals surface area contributed by atoms with E-state index in [-0.39, 0.29) is 23.7 Å². The van der Waals surface area contributed by atoms with Crippen molar-refractivity contribution in [1.29, 1.82) is 0 Å². The van der Waals surface area contributed by atoms with E-state index in [2.05, 4.69) is 5.32 Å². The lowest BCUT2D eigenvalue weighted by Gasteiger charge is -2.16. The maximum atomic E-state index is 14.2. The molecule has 2 atom stereocenters. The van der Waals surface area contributed by atoms with Crippen LogP contribution in [0.5, 0.6) is 0 Å². The highest BCUT2D eigenvalue weighted by molar-refractivity contribution is 5.96. The van der Waals surface area contributed by atoms with Crippen LogP contribution in [0.4, 0.5) is 4.39 Å². The van der Waals surface area contributed by atoms with Crippen LogP contribution in [0.15, 0.2) is 30.3 Å². The van der Waals surface area contributed by atoms with Gasteiger partial charge >= 0.3 is 5.97 Å². The summed E-state index contributed by atoms with van der Waals surface area (Å²) in [6, 6.07) is 8.23. The fourth-order valence-electron chi connectivity index (χ4n) is 3.95. The number of halogens is 1. The zero-order valence-corrected chi connectivity index (χ0v) is 15.7. The zero-order chi connectivity index (χ0) is 19.6. The van der Waals surface area contributed by atoms with E-state index in [0.29, 0.717) is 36.2 Å². The number of carbonyl (C=O) groups excluding carboxylic acids is 1. The summed E-state index contributed by atoms with van der Waals surface area (Å²) in [7, 11) is 0. The lowest BCUT2D eigenvalue weighted by atomic mass is 10.0. The van der Waals surface area contributed by atoms with Crippen molar-refractivity contribution in [3.8, 4) is 5.69 Å². The molecular formula is C21H25FN2O3. The highest BCUT2D eigenvalue weighted by Crippen LogP contribution is 2.25. The van der Waals surface area contributed by atoms with E-state index in [1.54, 1.807) is 28.8 Å². The summed E-state index contributed by atoms with van der Waals surface area (Å²) in [5.74, 6) is -1.60. The average molecular weight is 372 g/mol. The summed E-state index contributed by atoms with van der Waals surface area (Å²) < 4.78 is 15.9. The molecule has 1 aromatic carbocycles. The Labute approximate surface area is 158 Å². The number of aromatic nitrogens is 1. The summed E-state index contributed by atoms with van der Waals surface area (Å²) in [5.41, 5.74) is 2.42. The van der Waals surface area contributed by atoms with Crippen molar-refractivity contribution in [3.05, 3.63) is 53.1 Å². The molecule has 0 radical (unpaired) electrons. The highest BCUT2D eigenvalue weighted by atomic mass is 19.1. The lowest BCUT2D eigenvalue weighted by Crippen LogP contribution is -2.34. The van der Waals surface area contributed by atoms with Crippen LogP contribution >= 0.6 is 0 Å². The largest absolute Gasteiger partial charge is 0.481 e. The predicted molar refractivity (Wildman–Crippen MR) is 101 cm³/mol. The molecule has 1 aliphatic carbocycles. The van der Waals surface area contributed by atoms with Gasteiger partial charge in [0.2, 0.25) is 0 Å². The quantitative estimate of drug-likeness (QED) is 0.797. The molecule has 3 rings (SSSR count). The Kier molecular flexibility index (Phi) is 5.63. The van der Waals surface area contributed by atoms with Crippen molar-refractivity contribution in [1.82, 2.24) is 9.88 Å². The normalized spacial score (nSPS) is 20.1. The molecule has 1 saturated carbocycles. The van der Waals surface area contributed by atoms with Crippen molar-refractivity contribution in [3.63, 3.8) is 0 Å². The molecule has 1 fully saturated rings. The van der Waals surface area contributed by atoms with Gasteiger partial charge in [-0.05, 0) is 57.7 Å². The third-order valence-electron chi connectivity index (χ3n) is 5.42. The van der Waals surface area contributed by atoms with E-state index in [4.69, 9.17) is 0 Å². The molecule has 1 heterocycles. The van der Waals surface area contributed by atoms with E-state index < -0.39 is 5.97 Å². The first-order valence-electron chi connectivity index (χ1n) is 9.36. The summed E-state index contributed by atoms with van der Waals surface area (Å²) in [6.45, 7) is 3.65. The van der Waals surface area contributed by atoms with Crippen molar-refractivity contribution in [2.24, 2.45) is 5.92 Å². The van der Waals surface area contributed by atoms with Gasteiger partial charge in [0.1, 0.15) is 5.82 Å². The van der Waals surface area contributed by atoms with E-state index >= 15 is 0 Å². The number of carbonyl (C=O) groups is 2. The van der Waals surface area contributed by atoms with Gasteiger partial charge < -0.3 is 15.0 Å². The number of hydrogen-bond donors (Lipinski definition) is 2. The van der Waals surface area contributed by atoms with Gasteiger partial charge in [0.15, 0.2) is 0 Å². The molecule has 0 bridgehead atoms. The molecule has 144 valence electrons. The summed E-state index contributed by atoms with van der Waals surface area (Å²) in [6.07, 6.45) is 3.46. The third kappa shape index (κ3) is 4.04. The fourth-order valence-corrected chi connectivity index (χ4v) is 3.95. The van der Waals surface area contributed by atoms with Crippen LogP contribution in [0, 0.1) is 25.6 Å². The minimum absolute atomic E-state index is 0.0293. The molecule has 2 N–H and O–H groups in total. The molecular weight excluding hydrogens is 347 g/mol. The fraction of sp³-hybridized carbons (Fsp3) is 0.429. The van der Waals surface area contributed by atoms with Crippen LogP contribution < -0.4 is 5.32 Å². The van der Waals surface area contributed by atoms with Crippen molar-refractivity contribution >= 4 is 11.9 Å². The molecule has 2 unspecified atom stereocenters. The molecule has 1 aliphatic rings. The molecule has 0 aliphatic heterocycles. The Bertz CT molecular complexity index is 859. The van der Waals surface area contributed by atoms with Crippen molar-refractivity contribution in [2.45, 2.75) is 52.0 Å². The Balaban J connectivity index is 1.77. The number of nitrogens with zero attached hydrogens (tertiary/aromatic N) is 1. The first-order valence-corrected chi connectivity index (χ1v) is 9.36. The monoisotopic (exact) mass is 372 g/mol. The van der Waals surface area contributed by atoms with E-state index in [0.717, 1.165) is 18.5 Å². The van der Waals surface area contributed by atoms with E-state index in [9.17, 15) is 19.1 Å². The summed E-state index contributed by atoms with van der Waals surface area (Å²) in [5, 5.41) is 12.2. The second-order valence-electron chi connectivity index (χ2n) is 7.29. The van der Waals surface area contributed by atoms with Gasteiger partial charge in [0, 0.05) is 17.4 Å². The maximum absolute atomic E-state index is 14.2. The van der Waals surface area contributed by atoms with Crippen molar-refractivity contribution in [2.75, 3.05) is 0 Å². The van der Waals surface area contributed by atoms with E-state index in [1.165, 1.54) is 6.07 Å². The second-order valence-corrected chi connectivity index (χ2v) is 7.29. The van der Waals surface area contributed by atoms with Crippen LogP contribution in [-0.4, -0.2) is 27.6 Å². The first-order chi connectivity index (χ1) is 12.9. The number of nitrogens with one attached hydrogen (secondary N) is 1. The number of hydrogen-bond acceptors (Lipinski definition) is 2. The first kappa shape index (κ1) is 19.1. The molecule has 0 saturated heterocycles. The Morgan fingerprint density at radius 1 is 1.15 bits per heavy atom. The molecule has 1 aromatic heterocycles. The lowest BCUT2D eigenvalue weighted by molar-refractivity contribution is -0.142. The van der Waals surface area contributed by atoms with Crippen LogP contribution in [0.25, 0.3) is 5.69 Å². The predicted octanol–water partition coefficient (Wildman–Crippen LogP) is 4.00. The number of carboxylic acids is 1. The van der Waals surface area contributed by atoms with Gasteiger partial charge in [-0.25, -0.2) is 4.39 Å². The second kappa shape index (κ2) is 7.94. The number of aliphatic carboxylic acids is 1. The van der Waals surface area contributed by atoms with Gasteiger partial charge in [-0.15, -0.1) is 0 Å². The minimum Gasteiger partial charge on any atom is -0.481 e. The van der Waals surface area contributed by atoms with Gasteiger partial charge in [-0.1, -0.05) is 18.6 Å². The number of benzene rings is 1. The molecule has 5 nitrogen and oxygen atoms in total. The minimum atomic E-state index is -0.754. The molecule has 6 heteroatoms. The molecule has 1 amide bonds. The van der Waals surface area contributed by atoms with Gasteiger partial charge in [-0.2, -0.15) is 0 Å². The van der Waals surface area contributed by atoms with Gasteiger partial charge in [0.25, 0.3) is 5.91 Å². The number of para-hydroxylation sites is 1. The van der Waals surface area contributed by atoms with Crippen LogP contribution in [0.2, 0.25) is 0 Å². The third-order valence-corrected chi connectivity index (χ3v) is 5.42. The number of aryl methyl sites for hydroxylation is 1. The SMILES string of the molecule is Cc1cc(C(=O)NC2CCCC(C(=O)O)CC2)c(C)n1-c1ccccc1F. The average Bonchev–Trinajstić information content (AvgIpc) is 2.79.